The van der Waals surface area contributed by atoms with Crippen LogP contribution in [-0.2, 0) is 0 Å². The summed E-state index contributed by atoms with van der Waals surface area (Å²) in [5.74, 6) is -0.0932. The number of benzene rings is 1. The molecule has 0 aliphatic carbocycles. The average Bonchev–Trinajstić information content (AvgIpc) is 2.37. The number of fused-ring (bicyclic) bond motifs is 1. The standard InChI is InChI=1S/C12H11N3O4/c1-18-10-4-2-3-7-9(6-15(16)17)8(5-13)12(14)19-11(7)10/h2-4,9H,6,14H2,1H3/t9-/m1/s1. The van der Waals surface area contributed by atoms with E-state index in [4.69, 9.17) is 20.5 Å². The van der Waals surface area contributed by atoms with Crippen molar-refractivity contribution >= 4 is 0 Å². The second kappa shape index (κ2) is 4.86. The summed E-state index contributed by atoms with van der Waals surface area (Å²) in [5.41, 5.74) is 6.25. The van der Waals surface area contributed by atoms with Crippen LogP contribution in [0.25, 0.3) is 0 Å². The van der Waals surface area contributed by atoms with Gasteiger partial charge in [0.05, 0.1) is 13.0 Å². The number of methoxy groups -OCH3 is 1. The number of rotatable bonds is 3. The van der Waals surface area contributed by atoms with Crippen molar-refractivity contribution < 1.29 is 14.4 Å². The highest BCUT2D eigenvalue weighted by Crippen LogP contribution is 2.43. The highest BCUT2D eigenvalue weighted by atomic mass is 16.6. The molecule has 1 aromatic rings. The molecule has 1 aromatic carbocycles. The van der Waals surface area contributed by atoms with Crippen LogP contribution < -0.4 is 15.2 Å². The minimum atomic E-state index is -0.723. The average molecular weight is 261 g/mol. The normalized spacial score (nSPS) is 17.2. The molecule has 7 heteroatoms. The van der Waals surface area contributed by atoms with E-state index in [9.17, 15) is 10.1 Å². The number of nitrogens with zero attached hydrogens (tertiary/aromatic N) is 2. The lowest BCUT2D eigenvalue weighted by atomic mass is 9.89. The van der Waals surface area contributed by atoms with Gasteiger partial charge in [-0.3, -0.25) is 10.1 Å². The molecular formula is C12H11N3O4. The summed E-state index contributed by atoms with van der Waals surface area (Å²) in [6.07, 6.45) is 0. The second-order valence-corrected chi connectivity index (χ2v) is 3.94. The van der Waals surface area contributed by atoms with E-state index in [2.05, 4.69) is 0 Å². The van der Waals surface area contributed by atoms with Gasteiger partial charge in [0.2, 0.25) is 12.4 Å². The molecule has 0 amide bonds. The lowest BCUT2D eigenvalue weighted by molar-refractivity contribution is -0.482. The van der Waals surface area contributed by atoms with E-state index in [1.807, 2.05) is 6.07 Å². The van der Waals surface area contributed by atoms with Crippen molar-refractivity contribution in [1.82, 2.24) is 0 Å². The molecule has 1 heterocycles. The Bertz CT molecular complexity index is 603. The maximum atomic E-state index is 10.8. The third-order valence-electron chi connectivity index (χ3n) is 2.88. The predicted octanol–water partition coefficient (Wildman–Crippen LogP) is 1.14. The Balaban J connectivity index is 2.58. The first-order valence-electron chi connectivity index (χ1n) is 5.44. The van der Waals surface area contributed by atoms with E-state index >= 15 is 0 Å². The molecule has 0 saturated carbocycles. The Labute approximate surface area is 109 Å². The molecule has 19 heavy (non-hydrogen) atoms. The van der Waals surface area contributed by atoms with Crippen LogP contribution in [-0.4, -0.2) is 18.6 Å². The Kier molecular flexibility index (Phi) is 3.25. The Morgan fingerprint density at radius 1 is 1.63 bits per heavy atom. The van der Waals surface area contributed by atoms with E-state index in [1.165, 1.54) is 7.11 Å². The number of nitrogens with two attached hydrogens (primary N) is 1. The maximum Gasteiger partial charge on any atom is 0.215 e. The summed E-state index contributed by atoms with van der Waals surface area (Å²) >= 11 is 0. The Morgan fingerprint density at radius 3 is 2.95 bits per heavy atom. The van der Waals surface area contributed by atoms with Crippen LogP contribution in [0, 0.1) is 21.4 Å². The van der Waals surface area contributed by atoms with Crippen molar-refractivity contribution in [1.29, 1.82) is 5.26 Å². The summed E-state index contributed by atoms with van der Waals surface area (Å²) in [6, 6.07) is 6.88. The molecule has 0 spiro atoms. The predicted molar refractivity (Wildman–Crippen MR) is 65.1 cm³/mol. The molecule has 0 aromatic heterocycles. The molecule has 1 atom stereocenters. The lowest BCUT2D eigenvalue weighted by Crippen LogP contribution is -2.25. The van der Waals surface area contributed by atoms with E-state index < -0.39 is 17.4 Å². The van der Waals surface area contributed by atoms with Crippen molar-refractivity contribution in [3.8, 4) is 17.6 Å². The van der Waals surface area contributed by atoms with Gasteiger partial charge in [-0.2, -0.15) is 5.26 Å². The molecule has 0 fully saturated rings. The first-order valence-corrected chi connectivity index (χ1v) is 5.44. The fourth-order valence-electron chi connectivity index (χ4n) is 2.04. The van der Waals surface area contributed by atoms with Gasteiger partial charge in [-0.1, -0.05) is 12.1 Å². The van der Waals surface area contributed by atoms with Crippen molar-refractivity contribution in [3.63, 3.8) is 0 Å². The minimum absolute atomic E-state index is 0.0671. The van der Waals surface area contributed by atoms with Gasteiger partial charge in [0, 0.05) is 10.5 Å². The van der Waals surface area contributed by atoms with Crippen molar-refractivity contribution in [2.75, 3.05) is 13.7 Å². The fraction of sp³-hybridized carbons (Fsp3) is 0.250. The zero-order valence-electron chi connectivity index (χ0n) is 10.1. The highest BCUT2D eigenvalue weighted by Gasteiger charge is 2.34. The molecule has 2 N–H and O–H groups in total. The van der Waals surface area contributed by atoms with Crippen molar-refractivity contribution in [2.45, 2.75) is 5.92 Å². The lowest BCUT2D eigenvalue weighted by Gasteiger charge is -2.24. The molecule has 0 bridgehead atoms. The van der Waals surface area contributed by atoms with E-state index in [0.717, 1.165) is 0 Å². The maximum absolute atomic E-state index is 10.8. The number of para-hydroxylation sites is 1. The van der Waals surface area contributed by atoms with Gasteiger partial charge < -0.3 is 15.2 Å². The Hall–Kier alpha value is -2.75. The SMILES string of the molecule is COc1cccc2c1OC(N)=C(C#N)[C@@H]2C[N+](=O)[O-]. The van der Waals surface area contributed by atoms with Gasteiger partial charge in [-0.15, -0.1) is 0 Å². The fourth-order valence-corrected chi connectivity index (χ4v) is 2.04. The first kappa shape index (κ1) is 12.7. The Morgan fingerprint density at radius 2 is 2.37 bits per heavy atom. The first-order chi connectivity index (χ1) is 9.08. The van der Waals surface area contributed by atoms with Gasteiger partial charge in [0.1, 0.15) is 11.6 Å². The largest absolute Gasteiger partial charge is 0.493 e. The van der Waals surface area contributed by atoms with Crippen LogP contribution in [0.1, 0.15) is 11.5 Å². The summed E-state index contributed by atoms with van der Waals surface area (Å²) in [6.45, 7) is -0.423. The summed E-state index contributed by atoms with van der Waals surface area (Å²) < 4.78 is 10.5. The molecule has 0 saturated heterocycles. The number of ether oxygens (including phenoxy) is 2. The van der Waals surface area contributed by atoms with E-state index in [-0.39, 0.29) is 11.5 Å². The summed E-state index contributed by atoms with van der Waals surface area (Å²) in [5, 5.41) is 19.8. The topological polar surface area (TPSA) is 111 Å². The van der Waals surface area contributed by atoms with Crippen LogP contribution in [0.4, 0.5) is 0 Å². The molecule has 0 radical (unpaired) electrons. The van der Waals surface area contributed by atoms with Crippen LogP contribution in [0.15, 0.2) is 29.7 Å². The van der Waals surface area contributed by atoms with Crippen molar-refractivity contribution in [3.05, 3.63) is 45.3 Å². The van der Waals surface area contributed by atoms with E-state index in [0.29, 0.717) is 17.1 Å². The van der Waals surface area contributed by atoms with E-state index in [1.54, 1.807) is 18.2 Å². The molecule has 2 rings (SSSR count). The monoisotopic (exact) mass is 261 g/mol. The van der Waals surface area contributed by atoms with Gasteiger partial charge >= 0.3 is 0 Å². The molecule has 0 unspecified atom stereocenters. The number of nitriles is 1. The van der Waals surface area contributed by atoms with Crippen LogP contribution in [0.2, 0.25) is 0 Å². The third kappa shape index (κ3) is 2.15. The van der Waals surface area contributed by atoms with Gasteiger partial charge in [0.25, 0.3) is 0 Å². The van der Waals surface area contributed by atoms with Crippen LogP contribution in [0.5, 0.6) is 11.5 Å². The zero-order chi connectivity index (χ0) is 14.0. The molecular weight excluding hydrogens is 250 g/mol. The minimum Gasteiger partial charge on any atom is -0.493 e. The zero-order valence-corrected chi connectivity index (χ0v) is 10.1. The van der Waals surface area contributed by atoms with Gasteiger partial charge in [-0.25, -0.2) is 0 Å². The van der Waals surface area contributed by atoms with Crippen molar-refractivity contribution in [2.24, 2.45) is 5.73 Å². The highest BCUT2D eigenvalue weighted by molar-refractivity contribution is 5.56. The second-order valence-electron chi connectivity index (χ2n) is 3.94. The summed E-state index contributed by atoms with van der Waals surface area (Å²) in [7, 11) is 1.46. The quantitative estimate of drug-likeness (QED) is 0.645. The third-order valence-corrected chi connectivity index (χ3v) is 2.88. The van der Waals surface area contributed by atoms with Gasteiger partial charge in [-0.05, 0) is 6.07 Å². The van der Waals surface area contributed by atoms with Crippen LogP contribution in [0.3, 0.4) is 0 Å². The summed E-state index contributed by atoms with van der Waals surface area (Å²) in [4.78, 5) is 10.3. The van der Waals surface area contributed by atoms with Gasteiger partial charge in [0.15, 0.2) is 11.5 Å². The molecule has 7 nitrogen and oxygen atoms in total. The number of hydrogen-bond donors (Lipinski definition) is 1. The smallest absolute Gasteiger partial charge is 0.215 e. The van der Waals surface area contributed by atoms with Crippen LogP contribution >= 0.6 is 0 Å². The molecule has 1 aliphatic heterocycles. The molecule has 98 valence electrons. The molecule has 1 aliphatic rings. The number of nitro groups is 1. The number of hydrogen-bond acceptors (Lipinski definition) is 6.